The summed E-state index contributed by atoms with van der Waals surface area (Å²) in [4.78, 5) is 11.0. The maximum atomic E-state index is 11.0. The largest absolute Gasteiger partial charge is 0.459 e. The predicted octanol–water partition coefficient (Wildman–Crippen LogP) is 2.32. The standard InChI is InChI=1S/C12H14O2/c1-12(8-7-11(13)14-12)9-10-5-3-2-4-6-10/h2-6H,7-9H2,1H3/t12-/m1/s1. The second-order valence-electron chi connectivity index (χ2n) is 4.09. The molecule has 0 N–H and O–H groups in total. The lowest BCUT2D eigenvalue weighted by Crippen LogP contribution is -2.26. The van der Waals surface area contributed by atoms with Crippen LogP contribution in [0.4, 0.5) is 0 Å². The van der Waals surface area contributed by atoms with Crippen molar-refractivity contribution in [3.05, 3.63) is 35.9 Å². The van der Waals surface area contributed by atoms with Crippen LogP contribution >= 0.6 is 0 Å². The number of carbonyl (C=O) groups is 1. The van der Waals surface area contributed by atoms with Crippen molar-refractivity contribution in [1.29, 1.82) is 0 Å². The second-order valence-corrected chi connectivity index (χ2v) is 4.09. The Bertz CT molecular complexity index is 331. The van der Waals surface area contributed by atoms with E-state index in [0.29, 0.717) is 6.42 Å². The van der Waals surface area contributed by atoms with Gasteiger partial charge in [0, 0.05) is 12.8 Å². The van der Waals surface area contributed by atoms with Crippen LogP contribution in [0.15, 0.2) is 30.3 Å². The van der Waals surface area contributed by atoms with E-state index < -0.39 is 0 Å². The molecule has 0 unspecified atom stereocenters. The van der Waals surface area contributed by atoms with Crippen LogP contribution in [-0.4, -0.2) is 11.6 Å². The van der Waals surface area contributed by atoms with Crippen LogP contribution in [0, 0.1) is 0 Å². The van der Waals surface area contributed by atoms with Crippen LogP contribution in [0.25, 0.3) is 0 Å². The van der Waals surface area contributed by atoms with Crippen molar-refractivity contribution >= 4 is 5.97 Å². The second kappa shape index (κ2) is 3.45. The van der Waals surface area contributed by atoms with E-state index >= 15 is 0 Å². The third-order valence-corrected chi connectivity index (χ3v) is 2.64. The van der Waals surface area contributed by atoms with Gasteiger partial charge in [-0.1, -0.05) is 30.3 Å². The van der Waals surface area contributed by atoms with E-state index in [1.54, 1.807) is 0 Å². The number of cyclic esters (lactones) is 1. The Balaban J connectivity index is 2.08. The average molecular weight is 190 g/mol. The first kappa shape index (κ1) is 9.25. The molecule has 0 aliphatic carbocycles. The van der Waals surface area contributed by atoms with E-state index in [2.05, 4.69) is 12.1 Å². The van der Waals surface area contributed by atoms with E-state index in [-0.39, 0.29) is 11.6 Å². The number of esters is 1. The molecule has 1 saturated heterocycles. The molecule has 1 fully saturated rings. The molecule has 1 heterocycles. The molecule has 14 heavy (non-hydrogen) atoms. The van der Waals surface area contributed by atoms with Gasteiger partial charge in [0.25, 0.3) is 0 Å². The summed E-state index contributed by atoms with van der Waals surface area (Å²) in [6, 6.07) is 10.1. The molecule has 0 spiro atoms. The van der Waals surface area contributed by atoms with Crippen LogP contribution in [0.5, 0.6) is 0 Å². The number of benzene rings is 1. The summed E-state index contributed by atoms with van der Waals surface area (Å²) in [5, 5.41) is 0. The Hall–Kier alpha value is -1.31. The Morgan fingerprint density at radius 2 is 2.07 bits per heavy atom. The Morgan fingerprint density at radius 1 is 1.36 bits per heavy atom. The molecule has 0 bridgehead atoms. The summed E-state index contributed by atoms with van der Waals surface area (Å²) in [5.74, 6) is -0.0663. The fourth-order valence-electron chi connectivity index (χ4n) is 1.90. The molecule has 0 amide bonds. The lowest BCUT2D eigenvalue weighted by atomic mass is 9.94. The normalized spacial score (nSPS) is 26.2. The summed E-state index contributed by atoms with van der Waals surface area (Å²) >= 11 is 0. The average Bonchev–Trinajstić information content (AvgIpc) is 2.47. The molecule has 1 aromatic rings. The van der Waals surface area contributed by atoms with Crippen LogP contribution < -0.4 is 0 Å². The molecule has 1 atom stereocenters. The van der Waals surface area contributed by atoms with Crippen LogP contribution in [0.3, 0.4) is 0 Å². The van der Waals surface area contributed by atoms with Gasteiger partial charge in [-0.05, 0) is 18.9 Å². The monoisotopic (exact) mass is 190 g/mol. The smallest absolute Gasteiger partial charge is 0.306 e. The number of ether oxygens (including phenoxy) is 1. The SMILES string of the molecule is C[C@]1(Cc2ccccc2)CCC(=O)O1. The van der Waals surface area contributed by atoms with E-state index in [9.17, 15) is 4.79 Å². The van der Waals surface area contributed by atoms with Crippen LogP contribution in [0.2, 0.25) is 0 Å². The molecule has 2 heteroatoms. The summed E-state index contributed by atoms with van der Waals surface area (Å²) in [5.41, 5.74) is 0.947. The van der Waals surface area contributed by atoms with Gasteiger partial charge in [0.15, 0.2) is 0 Å². The topological polar surface area (TPSA) is 26.3 Å². The zero-order valence-electron chi connectivity index (χ0n) is 8.32. The summed E-state index contributed by atoms with van der Waals surface area (Å²) in [7, 11) is 0. The fourth-order valence-corrected chi connectivity index (χ4v) is 1.90. The Morgan fingerprint density at radius 3 is 2.64 bits per heavy atom. The highest BCUT2D eigenvalue weighted by molar-refractivity contribution is 5.72. The molecule has 2 rings (SSSR count). The van der Waals surface area contributed by atoms with Crippen molar-refractivity contribution in [3.63, 3.8) is 0 Å². The quantitative estimate of drug-likeness (QED) is 0.669. The number of carbonyl (C=O) groups excluding carboxylic acids is 1. The van der Waals surface area contributed by atoms with Crippen molar-refractivity contribution in [2.24, 2.45) is 0 Å². The summed E-state index contributed by atoms with van der Waals surface area (Å²) in [6.45, 7) is 2.00. The minimum Gasteiger partial charge on any atom is -0.459 e. The first-order valence-corrected chi connectivity index (χ1v) is 4.94. The fraction of sp³-hybridized carbons (Fsp3) is 0.417. The molecule has 2 nitrogen and oxygen atoms in total. The molecule has 1 aliphatic rings. The van der Waals surface area contributed by atoms with Gasteiger partial charge in [0.2, 0.25) is 0 Å². The van der Waals surface area contributed by atoms with Gasteiger partial charge in [-0.2, -0.15) is 0 Å². The van der Waals surface area contributed by atoms with Crippen LogP contribution in [-0.2, 0) is 16.0 Å². The molecular weight excluding hydrogens is 176 g/mol. The third-order valence-electron chi connectivity index (χ3n) is 2.64. The molecule has 1 aliphatic heterocycles. The number of hydrogen-bond acceptors (Lipinski definition) is 2. The molecular formula is C12H14O2. The minimum atomic E-state index is -0.279. The van der Waals surface area contributed by atoms with E-state index in [0.717, 1.165) is 12.8 Å². The van der Waals surface area contributed by atoms with Gasteiger partial charge in [0.05, 0.1) is 0 Å². The highest BCUT2D eigenvalue weighted by Gasteiger charge is 2.35. The van der Waals surface area contributed by atoms with Crippen molar-refractivity contribution < 1.29 is 9.53 Å². The Kier molecular flexibility index (Phi) is 2.28. The first-order chi connectivity index (χ1) is 6.68. The van der Waals surface area contributed by atoms with Crippen LogP contribution in [0.1, 0.15) is 25.3 Å². The van der Waals surface area contributed by atoms with E-state index in [1.807, 2.05) is 25.1 Å². The third kappa shape index (κ3) is 1.95. The Labute approximate surface area is 83.9 Å². The van der Waals surface area contributed by atoms with Crippen molar-refractivity contribution in [3.8, 4) is 0 Å². The summed E-state index contributed by atoms with van der Waals surface area (Å²) in [6.07, 6.45) is 2.21. The lowest BCUT2D eigenvalue weighted by Gasteiger charge is -2.22. The van der Waals surface area contributed by atoms with Gasteiger partial charge in [-0.3, -0.25) is 4.79 Å². The molecule has 74 valence electrons. The van der Waals surface area contributed by atoms with E-state index in [1.165, 1.54) is 5.56 Å². The number of rotatable bonds is 2. The highest BCUT2D eigenvalue weighted by atomic mass is 16.6. The van der Waals surface area contributed by atoms with Crippen molar-refractivity contribution in [2.75, 3.05) is 0 Å². The molecule has 0 aromatic heterocycles. The van der Waals surface area contributed by atoms with Gasteiger partial charge < -0.3 is 4.74 Å². The number of hydrogen-bond donors (Lipinski definition) is 0. The zero-order chi connectivity index (χ0) is 10.0. The molecule has 0 saturated carbocycles. The zero-order valence-corrected chi connectivity index (χ0v) is 8.32. The predicted molar refractivity (Wildman–Crippen MR) is 53.9 cm³/mol. The molecule has 1 aromatic carbocycles. The minimum absolute atomic E-state index is 0.0663. The maximum absolute atomic E-state index is 11.0. The van der Waals surface area contributed by atoms with Gasteiger partial charge in [0.1, 0.15) is 5.60 Å². The van der Waals surface area contributed by atoms with Gasteiger partial charge in [-0.25, -0.2) is 0 Å². The highest BCUT2D eigenvalue weighted by Crippen LogP contribution is 2.29. The van der Waals surface area contributed by atoms with Crippen molar-refractivity contribution in [2.45, 2.75) is 31.8 Å². The first-order valence-electron chi connectivity index (χ1n) is 4.94. The van der Waals surface area contributed by atoms with Crippen molar-refractivity contribution in [1.82, 2.24) is 0 Å². The van der Waals surface area contributed by atoms with Gasteiger partial charge >= 0.3 is 5.97 Å². The summed E-state index contributed by atoms with van der Waals surface area (Å²) < 4.78 is 5.31. The van der Waals surface area contributed by atoms with Gasteiger partial charge in [-0.15, -0.1) is 0 Å². The van der Waals surface area contributed by atoms with E-state index in [4.69, 9.17) is 4.74 Å². The lowest BCUT2D eigenvalue weighted by molar-refractivity contribution is -0.147. The molecule has 0 radical (unpaired) electrons. The maximum Gasteiger partial charge on any atom is 0.306 e.